The molecule has 0 fully saturated rings. The molecule has 5 nitrogen and oxygen atoms in total. The zero-order valence-electron chi connectivity index (χ0n) is 15.4. The molecule has 5 heteroatoms. The van der Waals surface area contributed by atoms with E-state index in [1.807, 2.05) is 32.0 Å². The van der Waals surface area contributed by atoms with E-state index in [-0.39, 0.29) is 17.5 Å². The van der Waals surface area contributed by atoms with Gasteiger partial charge in [-0.2, -0.15) is 0 Å². The van der Waals surface area contributed by atoms with Crippen molar-refractivity contribution in [2.45, 2.75) is 32.7 Å². The van der Waals surface area contributed by atoms with Crippen LogP contribution in [0, 0.1) is 5.92 Å². The molecule has 2 unspecified atom stereocenters. The first-order chi connectivity index (χ1) is 13.0. The Balaban J connectivity index is 1.62. The van der Waals surface area contributed by atoms with Gasteiger partial charge in [0.2, 0.25) is 0 Å². The number of hydrogen-bond acceptors (Lipinski definition) is 3. The molecule has 0 amide bonds. The predicted molar refractivity (Wildman–Crippen MR) is 104 cm³/mol. The molecule has 2 aromatic heterocycles. The zero-order chi connectivity index (χ0) is 19.1. The largest absolute Gasteiger partial charge is 0.476 e. The summed E-state index contributed by atoms with van der Waals surface area (Å²) in [5, 5.41) is 12.9. The Hall–Kier alpha value is -3.08. The first-order valence-electron chi connectivity index (χ1n) is 9.18. The number of hydrogen-bond donors (Lipinski definition) is 2. The summed E-state index contributed by atoms with van der Waals surface area (Å²) in [5.41, 5.74) is 4.99. The molecule has 0 bridgehead atoms. The van der Waals surface area contributed by atoms with Crippen molar-refractivity contribution in [2.75, 3.05) is 5.32 Å². The number of benzene rings is 1. The van der Waals surface area contributed by atoms with Gasteiger partial charge < -0.3 is 14.8 Å². The SMILES string of the molecule is CC1Cc2ccc(CNc3ccc4cccn4c3C(=O)O)cc2C(C)C1=O. The quantitative estimate of drug-likeness (QED) is 0.733. The first-order valence-corrected chi connectivity index (χ1v) is 9.18. The van der Waals surface area contributed by atoms with Crippen molar-refractivity contribution in [2.24, 2.45) is 5.92 Å². The number of carboxylic acids is 1. The maximum Gasteiger partial charge on any atom is 0.355 e. The van der Waals surface area contributed by atoms with Crippen molar-refractivity contribution in [3.8, 4) is 0 Å². The minimum absolute atomic E-state index is 0.0721. The van der Waals surface area contributed by atoms with Crippen LogP contribution in [0.25, 0.3) is 5.52 Å². The average molecular weight is 362 g/mol. The van der Waals surface area contributed by atoms with Gasteiger partial charge in [-0.05, 0) is 47.4 Å². The molecule has 0 aliphatic heterocycles. The molecule has 1 aliphatic carbocycles. The topological polar surface area (TPSA) is 70.8 Å². The highest BCUT2D eigenvalue weighted by Crippen LogP contribution is 2.32. The molecule has 1 aromatic carbocycles. The number of fused-ring (bicyclic) bond motifs is 2. The van der Waals surface area contributed by atoms with Crippen molar-refractivity contribution in [3.05, 3.63) is 71.0 Å². The Morgan fingerprint density at radius 1 is 1.22 bits per heavy atom. The molecular formula is C22H22N2O3. The predicted octanol–water partition coefficient (Wildman–Crippen LogP) is 4.11. The average Bonchev–Trinajstić information content (AvgIpc) is 3.12. The summed E-state index contributed by atoms with van der Waals surface area (Å²) in [6.07, 6.45) is 2.54. The lowest BCUT2D eigenvalue weighted by Crippen LogP contribution is -2.26. The van der Waals surface area contributed by atoms with Gasteiger partial charge in [0.25, 0.3) is 0 Å². The molecular weight excluding hydrogens is 340 g/mol. The van der Waals surface area contributed by atoms with Crippen molar-refractivity contribution in [1.82, 2.24) is 4.40 Å². The normalized spacial score (nSPS) is 19.1. The molecule has 27 heavy (non-hydrogen) atoms. The fourth-order valence-electron chi connectivity index (χ4n) is 4.02. The van der Waals surface area contributed by atoms with E-state index < -0.39 is 5.97 Å². The number of carbonyl (C=O) groups is 2. The third-order valence-electron chi connectivity index (χ3n) is 5.50. The summed E-state index contributed by atoms with van der Waals surface area (Å²) in [5.74, 6) is -0.700. The highest BCUT2D eigenvalue weighted by molar-refractivity contribution is 5.93. The van der Waals surface area contributed by atoms with Crippen LogP contribution in [0.1, 0.15) is 46.9 Å². The Labute approximate surface area is 157 Å². The van der Waals surface area contributed by atoms with E-state index in [9.17, 15) is 14.7 Å². The molecule has 0 saturated carbocycles. The maximum atomic E-state index is 12.3. The number of ketones is 1. The van der Waals surface area contributed by atoms with Crippen molar-refractivity contribution in [3.63, 3.8) is 0 Å². The number of pyridine rings is 1. The summed E-state index contributed by atoms with van der Waals surface area (Å²) in [4.78, 5) is 24.1. The third kappa shape index (κ3) is 2.99. The molecule has 0 saturated heterocycles. The Bertz CT molecular complexity index is 1050. The summed E-state index contributed by atoms with van der Waals surface area (Å²) >= 11 is 0. The van der Waals surface area contributed by atoms with Gasteiger partial charge in [-0.3, -0.25) is 4.79 Å². The highest BCUT2D eigenvalue weighted by atomic mass is 16.4. The summed E-state index contributed by atoms with van der Waals surface area (Å²) in [6.45, 7) is 4.45. The Kier molecular flexibility index (Phi) is 4.22. The van der Waals surface area contributed by atoms with E-state index in [1.54, 1.807) is 16.7 Å². The summed E-state index contributed by atoms with van der Waals surface area (Å²) < 4.78 is 1.67. The monoisotopic (exact) mass is 362 g/mol. The van der Waals surface area contributed by atoms with Crippen LogP contribution in [0.5, 0.6) is 0 Å². The number of carbonyl (C=O) groups excluding carboxylic acids is 1. The van der Waals surface area contributed by atoms with Gasteiger partial charge in [-0.1, -0.05) is 32.0 Å². The van der Waals surface area contributed by atoms with E-state index in [2.05, 4.69) is 23.5 Å². The molecule has 4 rings (SSSR count). The number of anilines is 1. The summed E-state index contributed by atoms with van der Waals surface area (Å²) in [7, 11) is 0. The minimum Gasteiger partial charge on any atom is -0.476 e. The second-order valence-electron chi connectivity index (χ2n) is 7.32. The van der Waals surface area contributed by atoms with Crippen LogP contribution in [0.3, 0.4) is 0 Å². The molecule has 2 heterocycles. The van der Waals surface area contributed by atoms with Crippen molar-refractivity contribution < 1.29 is 14.7 Å². The van der Waals surface area contributed by atoms with Crippen LogP contribution in [-0.2, 0) is 17.8 Å². The van der Waals surface area contributed by atoms with Crippen molar-refractivity contribution >= 4 is 23.0 Å². The minimum atomic E-state index is -0.974. The van der Waals surface area contributed by atoms with Gasteiger partial charge in [0, 0.05) is 30.1 Å². The lowest BCUT2D eigenvalue weighted by Gasteiger charge is -2.26. The molecule has 3 aromatic rings. The van der Waals surface area contributed by atoms with Crippen LogP contribution in [-0.4, -0.2) is 21.3 Å². The third-order valence-corrected chi connectivity index (χ3v) is 5.50. The molecule has 138 valence electrons. The van der Waals surface area contributed by atoms with E-state index in [4.69, 9.17) is 0 Å². The first kappa shape index (κ1) is 17.3. The number of rotatable bonds is 4. The highest BCUT2D eigenvalue weighted by Gasteiger charge is 2.29. The zero-order valence-corrected chi connectivity index (χ0v) is 15.4. The van der Waals surface area contributed by atoms with Gasteiger partial charge in [-0.25, -0.2) is 4.79 Å². The van der Waals surface area contributed by atoms with E-state index in [0.717, 1.165) is 23.1 Å². The van der Waals surface area contributed by atoms with E-state index in [0.29, 0.717) is 18.0 Å². The van der Waals surface area contributed by atoms with Gasteiger partial charge in [0.1, 0.15) is 5.78 Å². The lowest BCUT2D eigenvalue weighted by molar-refractivity contribution is -0.124. The lowest BCUT2D eigenvalue weighted by atomic mass is 9.77. The van der Waals surface area contributed by atoms with Gasteiger partial charge in [0.05, 0.1) is 5.69 Å². The van der Waals surface area contributed by atoms with E-state index >= 15 is 0 Å². The molecule has 2 N–H and O–H groups in total. The van der Waals surface area contributed by atoms with Crippen LogP contribution < -0.4 is 5.32 Å². The fourth-order valence-corrected chi connectivity index (χ4v) is 4.02. The maximum absolute atomic E-state index is 12.3. The smallest absolute Gasteiger partial charge is 0.355 e. The molecule has 0 radical (unpaired) electrons. The van der Waals surface area contributed by atoms with E-state index in [1.165, 1.54) is 5.56 Å². The fraction of sp³-hybridized carbons (Fsp3) is 0.273. The standard InChI is InChI=1S/C22H22N2O3/c1-13-10-16-6-5-15(11-18(16)14(2)21(13)25)12-23-19-8-7-17-4-3-9-24(17)20(19)22(26)27/h3-9,11,13-14,23H,10,12H2,1-2H3,(H,26,27). The van der Waals surface area contributed by atoms with Crippen LogP contribution in [0.2, 0.25) is 0 Å². The number of carboxylic acid groups (broad SMARTS) is 1. The summed E-state index contributed by atoms with van der Waals surface area (Å²) in [6, 6.07) is 13.6. The Morgan fingerprint density at radius 2 is 2.04 bits per heavy atom. The second-order valence-corrected chi connectivity index (χ2v) is 7.32. The number of Topliss-reactive ketones (excluding diaryl/α,β-unsaturated/α-hetero) is 1. The molecule has 2 atom stereocenters. The van der Waals surface area contributed by atoms with Gasteiger partial charge >= 0.3 is 5.97 Å². The van der Waals surface area contributed by atoms with Crippen LogP contribution >= 0.6 is 0 Å². The molecule has 1 aliphatic rings. The second kappa shape index (κ2) is 6.58. The van der Waals surface area contributed by atoms with Gasteiger partial charge in [0.15, 0.2) is 5.69 Å². The number of aromatic carboxylic acids is 1. The van der Waals surface area contributed by atoms with Crippen molar-refractivity contribution in [1.29, 1.82) is 0 Å². The molecule has 0 spiro atoms. The Morgan fingerprint density at radius 3 is 2.81 bits per heavy atom. The number of nitrogens with one attached hydrogen (secondary N) is 1. The number of nitrogens with zero attached hydrogens (tertiary/aromatic N) is 1. The van der Waals surface area contributed by atoms with Gasteiger partial charge in [-0.15, -0.1) is 0 Å². The van der Waals surface area contributed by atoms with Crippen LogP contribution in [0.4, 0.5) is 5.69 Å². The van der Waals surface area contributed by atoms with Crippen LogP contribution in [0.15, 0.2) is 48.7 Å². The number of aromatic nitrogens is 1.